The Morgan fingerprint density at radius 3 is 2.42 bits per heavy atom. The van der Waals surface area contributed by atoms with Crippen molar-refractivity contribution in [2.24, 2.45) is 0 Å². The molecule has 0 bridgehead atoms. The van der Waals surface area contributed by atoms with E-state index in [4.69, 9.17) is 4.74 Å². The lowest BCUT2D eigenvalue weighted by Gasteiger charge is -2.29. The van der Waals surface area contributed by atoms with Gasteiger partial charge in [-0.15, -0.1) is 11.3 Å². The van der Waals surface area contributed by atoms with Crippen LogP contribution in [0.3, 0.4) is 0 Å². The van der Waals surface area contributed by atoms with Crippen LogP contribution in [0.5, 0.6) is 5.75 Å². The molecule has 3 aromatic rings. The number of halogens is 1. The van der Waals surface area contributed by atoms with E-state index < -0.39 is 5.82 Å². The molecule has 0 unspecified atom stereocenters. The van der Waals surface area contributed by atoms with Gasteiger partial charge < -0.3 is 15.4 Å². The summed E-state index contributed by atoms with van der Waals surface area (Å²) in [5.41, 5.74) is 3.00. The van der Waals surface area contributed by atoms with Gasteiger partial charge in [-0.25, -0.2) is 9.37 Å². The maximum Gasteiger partial charge on any atom is 0.270 e. The van der Waals surface area contributed by atoms with Gasteiger partial charge in [0.1, 0.15) is 28.9 Å². The second kappa shape index (κ2) is 11.6. The number of amides is 2. The van der Waals surface area contributed by atoms with Gasteiger partial charge in [0.05, 0.1) is 0 Å². The minimum absolute atomic E-state index is 0.00861. The normalized spacial score (nSPS) is 17.6. The van der Waals surface area contributed by atoms with Gasteiger partial charge in [-0.1, -0.05) is 32.0 Å². The molecule has 0 atom stereocenters. The van der Waals surface area contributed by atoms with Crippen LogP contribution in [0, 0.1) is 12.7 Å². The number of thiazole rings is 1. The molecule has 0 aliphatic heterocycles. The number of ether oxygens (including phenoxy) is 1. The van der Waals surface area contributed by atoms with E-state index in [9.17, 15) is 14.0 Å². The molecule has 1 aliphatic rings. The highest BCUT2D eigenvalue weighted by Crippen LogP contribution is 2.28. The lowest BCUT2D eigenvalue weighted by Crippen LogP contribution is -2.43. The van der Waals surface area contributed by atoms with Crippen LogP contribution in [0.25, 0.3) is 0 Å². The Kier molecular flexibility index (Phi) is 8.36. The van der Waals surface area contributed by atoms with Gasteiger partial charge in [0.2, 0.25) is 0 Å². The number of aryl methyl sites for hydroxylation is 1. The van der Waals surface area contributed by atoms with Crippen molar-refractivity contribution >= 4 is 23.2 Å². The minimum Gasteiger partial charge on any atom is -0.486 e. The number of benzene rings is 2. The molecule has 1 fully saturated rings. The quantitative estimate of drug-likeness (QED) is 0.404. The van der Waals surface area contributed by atoms with Crippen molar-refractivity contribution in [2.45, 2.75) is 71.1 Å². The fourth-order valence-electron chi connectivity index (χ4n) is 4.40. The Labute approximate surface area is 215 Å². The third-order valence-corrected chi connectivity index (χ3v) is 7.23. The molecule has 36 heavy (non-hydrogen) atoms. The summed E-state index contributed by atoms with van der Waals surface area (Å²) in [4.78, 5) is 29.6. The third kappa shape index (κ3) is 6.69. The van der Waals surface area contributed by atoms with Crippen molar-refractivity contribution in [3.8, 4) is 5.75 Å². The molecule has 1 aliphatic carbocycles. The van der Waals surface area contributed by atoms with Crippen LogP contribution in [-0.4, -0.2) is 28.9 Å². The van der Waals surface area contributed by atoms with Crippen molar-refractivity contribution in [3.05, 3.63) is 81.1 Å². The van der Waals surface area contributed by atoms with Crippen molar-refractivity contribution in [1.82, 2.24) is 15.6 Å². The SMILES string of the molecule is Cc1ccc(C(C)C)c(OCc2nc(C(=O)NC3CCC(NC(=O)c4cccc(F)c4)CC3)cs2)c1. The molecule has 4 rings (SSSR count). The van der Waals surface area contributed by atoms with E-state index in [1.165, 1.54) is 29.5 Å². The summed E-state index contributed by atoms with van der Waals surface area (Å²) < 4.78 is 19.4. The van der Waals surface area contributed by atoms with Crippen LogP contribution < -0.4 is 15.4 Å². The first-order valence-corrected chi connectivity index (χ1v) is 13.2. The average Bonchev–Trinajstić information content (AvgIpc) is 3.33. The third-order valence-electron chi connectivity index (χ3n) is 6.41. The highest BCUT2D eigenvalue weighted by atomic mass is 32.1. The second-order valence-corrected chi connectivity index (χ2v) is 10.6. The van der Waals surface area contributed by atoms with Crippen LogP contribution in [0.2, 0.25) is 0 Å². The summed E-state index contributed by atoms with van der Waals surface area (Å²) in [6.45, 7) is 6.62. The number of hydrogen-bond acceptors (Lipinski definition) is 5. The highest BCUT2D eigenvalue weighted by molar-refractivity contribution is 7.09. The molecule has 0 radical (unpaired) electrons. The molecule has 2 N–H and O–H groups in total. The molecule has 8 heteroatoms. The minimum atomic E-state index is -0.429. The lowest BCUT2D eigenvalue weighted by molar-refractivity contribution is 0.0889. The molecular formula is C28H32FN3O3S. The second-order valence-electron chi connectivity index (χ2n) is 9.62. The van der Waals surface area contributed by atoms with Gasteiger partial charge in [-0.2, -0.15) is 0 Å². The zero-order valence-corrected chi connectivity index (χ0v) is 21.7. The molecular weight excluding hydrogens is 477 g/mol. The molecule has 0 spiro atoms. The molecule has 0 saturated heterocycles. The number of aromatic nitrogens is 1. The van der Waals surface area contributed by atoms with Gasteiger partial charge in [0, 0.05) is 23.0 Å². The van der Waals surface area contributed by atoms with E-state index in [0.717, 1.165) is 47.6 Å². The molecule has 2 amide bonds. The van der Waals surface area contributed by atoms with E-state index in [1.54, 1.807) is 11.4 Å². The van der Waals surface area contributed by atoms with Crippen molar-refractivity contribution in [1.29, 1.82) is 0 Å². The summed E-state index contributed by atoms with van der Waals surface area (Å²) in [5.74, 6) is 0.310. The molecule has 6 nitrogen and oxygen atoms in total. The van der Waals surface area contributed by atoms with Crippen molar-refractivity contribution in [3.63, 3.8) is 0 Å². The Bertz CT molecular complexity index is 1220. The Hall–Kier alpha value is -3.26. The predicted molar refractivity (Wildman–Crippen MR) is 139 cm³/mol. The summed E-state index contributed by atoms with van der Waals surface area (Å²) in [6.07, 6.45) is 3.00. The van der Waals surface area contributed by atoms with Gasteiger partial charge >= 0.3 is 0 Å². The zero-order chi connectivity index (χ0) is 25.7. The fraction of sp³-hybridized carbons (Fsp3) is 0.393. The van der Waals surface area contributed by atoms with E-state index in [2.05, 4.69) is 41.6 Å². The van der Waals surface area contributed by atoms with Gasteiger partial charge in [-0.3, -0.25) is 9.59 Å². The maximum absolute atomic E-state index is 13.4. The number of nitrogens with zero attached hydrogens (tertiary/aromatic N) is 1. The largest absolute Gasteiger partial charge is 0.486 e. The summed E-state index contributed by atoms with van der Waals surface area (Å²) >= 11 is 1.41. The molecule has 1 aromatic heterocycles. The van der Waals surface area contributed by atoms with Crippen LogP contribution in [-0.2, 0) is 6.61 Å². The zero-order valence-electron chi connectivity index (χ0n) is 20.8. The van der Waals surface area contributed by atoms with Crippen LogP contribution in [0.4, 0.5) is 4.39 Å². The van der Waals surface area contributed by atoms with Crippen molar-refractivity contribution < 1.29 is 18.7 Å². The Balaban J connectivity index is 1.25. The smallest absolute Gasteiger partial charge is 0.270 e. The summed E-state index contributed by atoms with van der Waals surface area (Å²) in [6, 6.07) is 11.9. The number of carbonyl (C=O) groups is 2. The van der Waals surface area contributed by atoms with Crippen LogP contribution in [0.1, 0.15) is 82.4 Å². The maximum atomic E-state index is 13.4. The van der Waals surface area contributed by atoms with E-state index in [0.29, 0.717) is 23.8 Å². The van der Waals surface area contributed by atoms with Crippen molar-refractivity contribution in [2.75, 3.05) is 0 Å². The average molecular weight is 510 g/mol. The molecule has 1 saturated carbocycles. The Morgan fingerprint density at radius 2 is 1.75 bits per heavy atom. The first kappa shape index (κ1) is 25.8. The summed E-state index contributed by atoms with van der Waals surface area (Å²) in [5, 5.41) is 8.55. The standard InChI is InChI=1S/C28H32FN3O3S/c1-17(2)23-12-7-18(3)13-25(23)35-15-26-32-24(16-36-26)28(34)31-22-10-8-21(9-11-22)30-27(33)19-5-4-6-20(29)14-19/h4-7,12-14,16-17,21-22H,8-11,15H2,1-3H3,(H,30,33)(H,31,34). The number of carbonyl (C=O) groups excluding carboxylic acids is 2. The van der Waals surface area contributed by atoms with E-state index >= 15 is 0 Å². The van der Waals surface area contributed by atoms with Crippen LogP contribution >= 0.6 is 11.3 Å². The lowest BCUT2D eigenvalue weighted by atomic mass is 9.91. The highest BCUT2D eigenvalue weighted by Gasteiger charge is 2.25. The first-order valence-electron chi connectivity index (χ1n) is 12.3. The summed E-state index contributed by atoms with van der Waals surface area (Å²) in [7, 11) is 0. The predicted octanol–water partition coefficient (Wildman–Crippen LogP) is 5.76. The number of rotatable bonds is 8. The molecule has 190 valence electrons. The molecule has 1 heterocycles. The van der Waals surface area contributed by atoms with Gasteiger partial charge in [0.15, 0.2) is 0 Å². The molecule has 2 aromatic carbocycles. The van der Waals surface area contributed by atoms with Crippen LogP contribution in [0.15, 0.2) is 47.8 Å². The fourth-order valence-corrected chi connectivity index (χ4v) is 5.09. The Morgan fingerprint density at radius 1 is 1.06 bits per heavy atom. The van der Waals surface area contributed by atoms with E-state index in [-0.39, 0.29) is 23.9 Å². The van der Waals surface area contributed by atoms with E-state index in [1.807, 2.05) is 13.0 Å². The number of hydrogen-bond donors (Lipinski definition) is 2. The van der Waals surface area contributed by atoms with Gasteiger partial charge in [0.25, 0.3) is 11.8 Å². The number of nitrogens with one attached hydrogen (secondary N) is 2. The monoisotopic (exact) mass is 509 g/mol. The topological polar surface area (TPSA) is 80.3 Å². The first-order chi connectivity index (χ1) is 17.3. The van der Waals surface area contributed by atoms with Gasteiger partial charge in [-0.05, 0) is 73.9 Å².